The number of para-hydroxylation sites is 1. The minimum Gasteiger partial charge on any atom is -0.489 e. The van der Waals surface area contributed by atoms with Gasteiger partial charge in [0, 0.05) is 6.04 Å². The number of ether oxygens (including phenoxy) is 1. The summed E-state index contributed by atoms with van der Waals surface area (Å²) in [5.41, 5.74) is 0. The molecule has 0 saturated heterocycles. The van der Waals surface area contributed by atoms with Gasteiger partial charge in [-0.1, -0.05) is 12.1 Å². The van der Waals surface area contributed by atoms with Gasteiger partial charge in [0.05, 0.1) is 3.57 Å². The summed E-state index contributed by atoms with van der Waals surface area (Å²) in [5.74, 6) is 1.02. The Morgan fingerprint density at radius 1 is 1.36 bits per heavy atom. The average molecular weight is 303 g/mol. The summed E-state index contributed by atoms with van der Waals surface area (Å²) in [5, 5.41) is 3.25. The molecule has 14 heavy (non-hydrogen) atoms. The molecular weight excluding hydrogens is 289 g/mol. The molecule has 0 amide bonds. The van der Waals surface area contributed by atoms with Crippen molar-refractivity contribution in [2.24, 2.45) is 0 Å². The zero-order valence-corrected chi connectivity index (χ0v) is 10.3. The molecule has 1 saturated carbocycles. The summed E-state index contributed by atoms with van der Waals surface area (Å²) in [6, 6.07) is 8.82. The van der Waals surface area contributed by atoms with E-state index in [1.165, 1.54) is 3.57 Å². The number of hydrogen-bond donors (Lipinski definition) is 1. The van der Waals surface area contributed by atoms with Crippen LogP contribution in [0.2, 0.25) is 0 Å². The zero-order chi connectivity index (χ0) is 9.97. The van der Waals surface area contributed by atoms with Crippen molar-refractivity contribution in [3.8, 4) is 5.75 Å². The lowest BCUT2D eigenvalue weighted by Crippen LogP contribution is -2.45. The molecule has 0 bridgehead atoms. The van der Waals surface area contributed by atoms with Crippen molar-refractivity contribution in [1.29, 1.82) is 0 Å². The van der Waals surface area contributed by atoms with Crippen LogP contribution < -0.4 is 10.1 Å². The molecule has 76 valence electrons. The molecule has 1 aliphatic rings. The number of rotatable bonds is 3. The molecule has 0 unspecified atom stereocenters. The molecule has 1 aromatic carbocycles. The van der Waals surface area contributed by atoms with E-state index in [0.29, 0.717) is 12.1 Å². The summed E-state index contributed by atoms with van der Waals surface area (Å²) in [4.78, 5) is 0. The minimum atomic E-state index is 0.406. The number of benzene rings is 1. The molecule has 2 nitrogen and oxygen atoms in total. The van der Waals surface area contributed by atoms with Crippen molar-refractivity contribution in [2.75, 3.05) is 7.05 Å². The van der Waals surface area contributed by atoms with E-state index >= 15 is 0 Å². The second kappa shape index (κ2) is 4.49. The van der Waals surface area contributed by atoms with E-state index in [1.54, 1.807) is 0 Å². The van der Waals surface area contributed by atoms with Gasteiger partial charge >= 0.3 is 0 Å². The highest BCUT2D eigenvalue weighted by Crippen LogP contribution is 2.28. The normalized spacial score (nSPS) is 25.6. The highest BCUT2D eigenvalue weighted by molar-refractivity contribution is 14.1. The highest BCUT2D eigenvalue weighted by atomic mass is 127. The monoisotopic (exact) mass is 303 g/mol. The van der Waals surface area contributed by atoms with E-state index in [4.69, 9.17) is 4.74 Å². The van der Waals surface area contributed by atoms with E-state index in [0.717, 1.165) is 18.6 Å². The summed E-state index contributed by atoms with van der Waals surface area (Å²) < 4.78 is 7.06. The predicted octanol–water partition coefficient (Wildman–Crippen LogP) is 2.42. The van der Waals surface area contributed by atoms with Gasteiger partial charge in [0.25, 0.3) is 0 Å². The second-order valence-electron chi connectivity index (χ2n) is 3.63. The number of hydrogen-bond acceptors (Lipinski definition) is 2. The topological polar surface area (TPSA) is 21.3 Å². The lowest BCUT2D eigenvalue weighted by Gasteiger charge is -2.35. The summed E-state index contributed by atoms with van der Waals surface area (Å²) in [6.45, 7) is 0. The zero-order valence-electron chi connectivity index (χ0n) is 8.16. The van der Waals surface area contributed by atoms with Crippen molar-refractivity contribution >= 4 is 22.6 Å². The summed E-state index contributed by atoms with van der Waals surface area (Å²) in [7, 11) is 2.01. The third-order valence-electron chi connectivity index (χ3n) is 2.63. The lowest BCUT2D eigenvalue weighted by molar-refractivity contribution is 0.0876. The smallest absolute Gasteiger partial charge is 0.133 e. The molecule has 2 rings (SSSR count). The summed E-state index contributed by atoms with van der Waals surface area (Å²) >= 11 is 2.31. The van der Waals surface area contributed by atoms with Gasteiger partial charge in [-0.05, 0) is 54.6 Å². The van der Waals surface area contributed by atoms with Gasteiger partial charge < -0.3 is 10.1 Å². The Labute approximate surface area is 98.2 Å². The molecule has 1 N–H and O–H groups in total. The van der Waals surface area contributed by atoms with Gasteiger partial charge in [-0.15, -0.1) is 0 Å². The third kappa shape index (κ3) is 2.20. The molecule has 0 spiro atoms. The Hall–Kier alpha value is -0.290. The standard InChI is InChI=1S/C11H14INO/c1-13-8-6-9(7-8)14-11-5-3-2-4-10(11)12/h2-5,8-9,13H,6-7H2,1H3. The van der Waals surface area contributed by atoms with Crippen LogP contribution in [0, 0.1) is 3.57 Å². The number of halogens is 1. The molecule has 3 heteroatoms. The largest absolute Gasteiger partial charge is 0.489 e. The molecule has 0 heterocycles. The van der Waals surface area contributed by atoms with Crippen LogP contribution in [0.5, 0.6) is 5.75 Å². The molecule has 1 aliphatic carbocycles. The molecule has 0 aromatic heterocycles. The van der Waals surface area contributed by atoms with Gasteiger partial charge in [0.15, 0.2) is 0 Å². The lowest BCUT2D eigenvalue weighted by atomic mass is 9.89. The van der Waals surface area contributed by atoms with Crippen LogP contribution >= 0.6 is 22.6 Å². The van der Waals surface area contributed by atoms with E-state index in [9.17, 15) is 0 Å². The van der Waals surface area contributed by atoms with Crippen LogP contribution in [0.3, 0.4) is 0 Å². The van der Waals surface area contributed by atoms with E-state index in [2.05, 4.69) is 34.0 Å². The maximum absolute atomic E-state index is 5.87. The second-order valence-corrected chi connectivity index (χ2v) is 4.79. The van der Waals surface area contributed by atoms with Gasteiger partial charge in [-0.25, -0.2) is 0 Å². The van der Waals surface area contributed by atoms with Gasteiger partial charge in [0.2, 0.25) is 0 Å². The van der Waals surface area contributed by atoms with Crippen molar-refractivity contribution < 1.29 is 4.74 Å². The molecule has 0 aliphatic heterocycles. The van der Waals surface area contributed by atoms with Crippen molar-refractivity contribution in [2.45, 2.75) is 25.0 Å². The molecule has 0 atom stereocenters. The minimum absolute atomic E-state index is 0.406. The molecule has 1 fully saturated rings. The summed E-state index contributed by atoms with van der Waals surface area (Å²) in [6.07, 6.45) is 2.66. The SMILES string of the molecule is CNC1CC(Oc2ccccc2I)C1. The first-order valence-electron chi connectivity index (χ1n) is 4.88. The predicted molar refractivity (Wildman–Crippen MR) is 65.7 cm³/mol. The molecular formula is C11H14INO. The highest BCUT2D eigenvalue weighted by Gasteiger charge is 2.29. The first kappa shape index (κ1) is 10.2. The van der Waals surface area contributed by atoms with Gasteiger partial charge in [-0.3, -0.25) is 0 Å². The number of nitrogens with one attached hydrogen (secondary N) is 1. The van der Waals surface area contributed by atoms with Crippen LogP contribution in [0.25, 0.3) is 0 Å². The Morgan fingerprint density at radius 3 is 2.71 bits per heavy atom. The van der Waals surface area contributed by atoms with E-state index in [1.807, 2.05) is 25.2 Å². The van der Waals surface area contributed by atoms with Crippen LogP contribution in [-0.4, -0.2) is 19.2 Å². The van der Waals surface area contributed by atoms with Crippen LogP contribution in [0.1, 0.15) is 12.8 Å². The molecule has 0 radical (unpaired) electrons. The fourth-order valence-electron chi connectivity index (χ4n) is 1.62. The fourth-order valence-corrected chi connectivity index (χ4v) is 2.13. The Kier molecular flexibility index (Phi) is 3.28. The van der Waals surface area contributed by atoms with Crippen molar-refractivity contribution in [3.05, 3.63) is 27.8 Å². The Bertz CT molecular complexity index is 310. The Morgan fingerprint density at radius 2 is 2.07 bits per heavy atom. The third-order valence-corrected chi connectivity index (χ3v) is 3.52. The Balaban J connectivity index is 1.90. The van der Waals surface area contributed by atoms with Crippen molar-refractivity contribution in [1.82, 2.24) is 5.32 Å². The van der Waals surface area contributed by atoms with Crippen LogP contribution in [0.4, 0.5) is 0 Å². The first-order valence-corrected chi connectivity index (χ1v) is 5.96. The molecule has 1 aromatic rings. The van der Waals surface area contributed by atoms with E-state index in [-0.39, 0.29) is 0 Å². The average Bonchev–Trinajstić information content (AvgIpc) is 2.13. The van der Waals surface area contributed by atoms with E-state index < -0.39 is 0 Å². The van der Waals surface area contributed by atoms with Gasteiger partial charge in [0.1, 0.15) is 11.9 Å². The maximum atomic E-state index is 5.87. The first-order chi connectivity index (χ1) is 6.79. The fraction of sp³-hybridized carbons (Fsp3) is 0.455. The van der Waals surface area contributed by atoms with Crippen LogP contribution in [0.15, 0.2) is 24.3 Å². The quantitative estimate of drug-likeness (QED) is 0.866. The maximum Gasteiger partial charge on any atom is 0.133 e. The van der Waals surface area contributed by atoms with Crippen LogP contribution in [-0.2, 0) is 0 Å². The van der Waals surface area contributed by atoms with Crippen molar-refractivity contribution in [3.63, 3.8) is 0 Å². The van der Waals surface area contributed by atoms with Gasteiger partial charge in [-0.2, -0.15) is 0 Å².